The third kappa shape index (κ3) is 5.15. The second kappa shape index (κ2) is 10.8. The van der Waals surface area contributed by atoms with Gasteiger partial charge in [0.05, 0.1) is 35.2 Å². The summed E-state index contributed by atoms with van der Waals surface area (Å²) in [6.07, 6.45) is -3.36. The normalized spacial score (nSPS) is 13.1. The van der Waals surface area contributed by atoms with Gasteiger partial charge in [0.25, 0.3) is 5.91 Å². The van der Waals surface area contributed by atoms with Crippen molar-refractivity contribution in [3.8, 4) is 0 Å². The number of unbranched alkanes of at least 4 members (excludes halogenated alkanes) is 1. The summed E-state index contributed by atoms with van der Waals surface area (Å²) in [5.41, 5.74) is 2.30. The lowest BCUT2D eigenvalue weighted by atomic mass is 10.2. The number of rotatable bonds is 7. The molecule has 5 aromatic rings. The predicted octanol–water partition coefficient (Wildman–Crippen LogP) is 6.46. The van der Waals surface area contributed by atoms with Crippen molar-refractivity contribution in [1.29, 1.82) is 0 Å². The van der Waals surface area contributed by atoms with E-state index < -0.39 is 23.9 Å². The first-order valence-electron chi connectivity index (χ1n) is 13.6. The summed E-state index contributed by atoms with van der Waals surface area (Å²) < 4.78 is 49.0. The third-order valence-corrected chi connectivity index (χ3v) is 7.18. The maximum Gasteiger partial charge on any atom is 0.433 e. The number of benzene rings is 2. The highest BCUT2D eigenvalue weighted by molar-refractivity contribution is 6.06. The molecule has 0 saturated carbocycles. The Kier molecular flexibility index (Phi) is 7.05. The number of ether oxygens (including phenoxy) is 1. The van der Waals surface area contributed by atoms with Gasteiger partial charge < -0.3 is 19.2 Å². The van der Waals surface area contributed by atoms with Crippen LogP contribution in [-0.2, 0) is 24.0 Å². The lowest BCUT2D eigenvalue weighted by Crippen LogP contribution is -2.30. The van der Waals surface area contributed by atoms with Crippen LogP contribution in [-0.4, -0.2) is 44.3 Å². The number of hydrogen-bond donors (Lipinski definition) is 1. The largest absolute Gasteiger partial charge is 0.449 e. The second-order valence-corrected chi connectivity index (χ2v) is 10.0. The number of carbonyl (C=O) groups excluding carboxylic acids is 2. The van der Waals surface area contributed by atoms with Crippen LogP contribution in [0.2, 0.25) is 0 Å². The van der Waals surface area contributed by atoms with Crippen LogP contribution in [0.3, 0.4) is 0 Å². The molecule has 0 bridgehead atoms. The van der Waals surface area contributed by atoms with Crippen molar-refractivity contribution < 1.29 is 27.5 Å². The molecule has 4 heterocycles. The summed E-state index contributed by atoms with van der Waals surface area (Å²) in [4.78, 5) is 36.0. The van der Waals surface area contributed by atoms with Crippen LogP contribution >= 0.6 is 0 Å². The zero-order valence-electron chi connectivity index (χ0n) is 22.7. The number of halogens is 3. The minimum absolute atomic E-state index is 0.0674. The number of anilines is 2. The van der Waals surface area contributed by atoms with Crippen LogP contribution in [0, 0.1) is 0 Å². The van der Waals surface area contributed by atoms with Gasteiger partial charge in [0, 0.05) is 18.8 Å². The number of hydrogen-bond acceptors (Lipinski definition) is 5. The van der Waals surface area contributed by atoms with E-state index in [4.69, 9.17) is 4.74 Å². The molecule has 1 N–H and O–H groups in total. The van der Waals surface area contributed by atoms with E-state index in [9.17, 15) is 22.8 Å². The van der Waals surface area contributed by atoms with Gasteiger partial charge in [0.2, 0.25) is 5.95 Å². The van der Waals surface area contributed by atoms with E-state index in [1.807, 2.05) is 47.9 Å². The maximum absolute atomic E-state index is 13.5. The van der Waals surface area contributed by atoms with Crippen LogP contribution in [0.4, 0.5) is 29.6 Å². The monoisotopic (exact) mass is 576 g/mol. The summed E-state index contributed by atoms with van der Waals surface area (Å²) in [5.74, 6) is -0.0331. The zero-order valence-corrected chi connectivity index (χ0v) is 22.7. The van der Waals surface area contributed by atoms with Crippen LogP contribution < -0.4 is 10.2 Å². The van der Waals surface area contributed by atoms with Gasteiger partial charge in [-0.1, -0.05) is 43.7 Å². The van der Waals surface area contributed by atoms with E-state index in [1.54, 1.807) is 16.7 Å². The van der Waals surface area contributed by atoms with Gasteiger partial charge in [-0.25, -0.2) is 19.7 Å². The molecule has 1 aliphatic heterocycles. The Hall–Kier alpha value is -4.87. The van der Waals surface area contributed by atoms with Crippen molar-refractivity contribution >= 4 is 45.7 Å². The second-order valence-electron chi connectivity index (χ2n) is 10.0. The van der Waals surface area contributed by atoms with Gasteiger partial charge >= 0.3 is 12.3 Å². The molecule has 1 aliphatic rings. The molecule has 2 amide bonds. The number of imidazole rings is 1. The molecule has 2 aromatic carbocycles. The first-order chi connectivity index (χ1) is 20.2. The fraction of sp³-hybridized carbons (Fsp3) is 0.267. The number of amides is 2. The molecular formula is C30H27F3N6O3. The minimum atomic E-state index is -4.61. The van der Waals surface area contributed by atoms with Crippen LogP contribution in [0.1, 0.15) is 41.5 Å². The van der Waals surface area contributed by atoms with Gasteiger partial charge in [-0.05, 0) is 48.4 Å². The minimum Gasteiger partial charge on any atom is -0.449 e. The summed E-state index contributed by atoms with van der Waals surface area (Å²) in [7, 11) is 0. The Labute approximate surface area is 238 Å². The Morgan fingerprint density at radius 3 is 2.48 bits per heavy atom. The number of carbonyl (C=O) groups is 2. The van der Waals surface area contributed by atoms with Crippen molar-refractivity contribution in [3.63, 3.8) is 0 Å². The smallest absolute Gasteiger partial charge is 0.433 e. The Bertz CT molecular complexity index is 1800. The molecule has 0 saturated heterocycles. The lowest BCUT2D eigenvalue weighted by Gasteiger charge is -2.13. The van der Waals surface area contributed by atoms with Gasteiger partial charge in [0.1, 0.15) is 11.4 Å². The number of nitrogens with one attached hydrogen (secondary N) is 1. The molecule has 216 valence electrons. The van der Waals surface area contributed by atoms with Crippen LogP contribution in [0.5, 0.6) is 0 Å². The highest BCUT2D eigenvalue weighted by Crippen LogP contribution is 2.32. The van der Waals surface area contributed by atoms with Crippen molar-refractivity contribution in [2.75, 3.05) is 23.4 Å². The number of nitrogens with zero attached hydrogens (tertiary/aromatic N) is 5. The summed E-state index contributed by atoms with van der Waals surface area (Å²) in [5, 5.41) is 2.85. The fourth-order valence-electron chi connectivity index (χ4n) is 5.09. The molecule has 0 aliphatic carbocycles. The molecule has 0 unspecified atom stereocenters. The highest BCUT2D eigenvalue weighted by atomic mass is 19.4. The first-order valence-corrected chi connectivity index (χ1v) is 13.6. The van der Waals surface area contributed by atoms with E-state index in [-0.39, 0.29) is 17.8 Å². The summed E-state index contributed by atoms with van der Waals surface area (Å²) >= 11 is 0. The van der Waals surface area contributed by atoms with E-state index in [2.05, 4.69) is 15.3 Å². The number of aromatic nitrogens is 4. The lowest BCUT2D eigenvalue weighted by molar-refractivity contribution is -0.140. The van der Waals surface area contributed by atoms with Crippen molar-refractivity contribution in [2.45, 2.75) is 39.0 Å². The number of fused-ring (bicyclic) bond motifs is 4. The quantitative estimate of drug-likeness (QED) is 0.225. The topological polar surface area (TPSA) is 94.3 Å². The molecule has 0 radical (unpaired) electrons. The standard InChI is InChI=1S/C30H27F3N6O3/c1-2-3-15-42-29(41)38-14-13-37-23-10-9-20(16-21(23)36-28(37)38)34-27(40)25-17-22-24(11-12-26(35-22)30(31,32)33)39(25)18-19-7-5-4-6-8-19/h4-12,16-17H,2-3,13-15,18H2,1H3,(H,34,40). The van der Waals surface area contributed by atoms with E-state index in [0.29, 0.717) is 42.4 Å². The molecule has 0 atom stereocenters. The maximum atomic E-state index is 13.5. The zero-order chi connectivity index (χ0) is 29.4. The van der Waals surface area contributed by atoms with Gasteiger partial charge in [-0.15, -0.1) is 0 Å². The average Bonchev–Trinajstić information content (AvgIpc) is 3.65. The van der Waals surface area contributed by atoms with E-state index in [0.717, 1.165) is 30.0 Å². The summed E-state index contributed by atoms with van der Waals surface area (Å²) in [6, 6.07) is 18.2. The van der Waals surface area contributed by atoms with Crippen molar-refractivity contribution in [3.05, 3.63) is 83.7 Å². The van der Waals surface area contributed by atoms with Crippen LogP contribution in [0.15, 0.2) is 66.7 Å². The van der Waals surface area contributed by atoms with Crippen LogP contribution in [0.25, 0.3) is 22.1 Å². The Balaban J connectivity index is 1.30. The Morgan fingerprint density at radius 2 is 1.71 bits per heavy atom. The number of pyridine rings is 1. The predicted molar refractivity (Wildman–Crippen MR) is 152 cm³/mol. The number of alkyl halides is 3. The van der Waals surface area contributed by atoms with E-state index in [1.165, 1.54) is 17.0 Å². The molecular weight excluding hydrogens is 549 g/mol. The highest BCUT2D eigenvalue weighted by Gasteiger charge is 2.33. The Morgan fingerprint density at radius 1 is 0.952 bits per heavy atom. The van der Waals surface area contributed by atoms with E-state index >= 15 is 0 Å². The molecule has 0 fully saturated rings. The van der Waals surface area contributed by atoms with Gasteiger partial charge in [-0.2, -0.15) is 13.2 Å². The van der Waals surface area contributed by atoms with Gasteiger partial charge in [-0.3, -0.25) is 4.79 Å². The molecule has 0 spiro atoms. The fourth-order valence-corrected chi connectivity index (χ4v) is 5.09. The molecule has 9 nitrogen and oxygen atoms in total. The SMILES string of the molecule is CCCCOC(=O)N1CCn2c1nc1cc(NC(=O)c3cc4nc(C(F)(F)F)ccc4n3Cc3ccccc3)ccc12. The van der Waals surface area contributed by atoms with Crippen molar-refractivity contribution in [2.24, 2.45) is 0 Å². The summed E-state index contributed by atoms with van der Waals surface area (Å²) in [6.45, 7) is 3.64. The molecule has 12 heteroatoms. The average molecular weight is 577 g/mol. The third-order valence-electron chi connectivity index (χ3n) is 7.18. The molecule has 42 heavy (non-hydrogen) atoms. The van der Waals surface area contributed by atoms with Gasteiger partial charge in [0.15, 0.2) is 0 Å². The molecule has 3 aromatic heterocycles. The molecule has 6 rings (SSSR count). The first kappa shape index (κ1) is 27.3. The van der Waals surface area contributed by atoms with Crippen molar-refractivity contribution in [1.82, 2.24) is 19.1 Å².